The summed E-state index contributed by atoms with van der Waals surface area (Å²) in [5.41, 5.74) is -0.620. The molecule has 2 nitrogen and oxygen atoms in total. The second kappa shape index (κ2) is 4.37. The van der Waals surface area contributed by atoms with Crippen molar-refractivity contribution < 1.29 is 22.7 Å². The van der Waals surface area contributed by atoms with Crippen LogP contribution in [0.5, 0.6) is 5.75 Å². The van der Waals surface area contributed by atoms with Crippen LogP contribution in [0.2, 0.25) is 0 Å². The second-order valence-corrected chi connectivity index (χ2v) is 4.47. The first-order valence-corrected chi connectivity index (χ1v) is 5.93. The van der Waals surface area contributed by atoms with Gasteiger partial charge in [0, 0.05) is 5.56 Å². The van der Waals surface area contributed by atoms with Gasteiger partial charge in [-0.2, -0.15) is 13.2 Å². The molecule has 0 N–H and O–H groups in total. The predicted octanol–water partition coefficient (Wildman–Crippen LogP) is 3.75. The first kappa shape index (κ1) is 12.7. The minimum atomic E-state index is -4.60. The molecule has 0 radical (unpaired) electrons. The Balaban J connectivity index is 2.28. The fourth-order valence-electron chi connectivity index (χ4n) is 2.31. The van der Waals surface area contributed by atoms with Crippen molar-refractivity contribution in [1.82, 2.24) is 0 Å². The van der Waals surface area contributed by atoms with Gasteiger partial charge < -0.3 is 4.74 Å². The Labute approximate surface area is 112 Å². The van der Waals surface area contributed by atoms with Crippen molar-refractivity contribution in [2.75, 3.05) is 0 Å². The Bertz CT molecular complexity index is 717. The summed E-state index contributed by atoms with van der Waals surface area (Å²) < 4.78 is 44.1. The number of halogens is 3. The van der Waals surface area contributed by atoms with Crippen LogP contribution in [0.15, 0.2) is 42.0 Å². The van der Waals surface area contributed by atoms with Crippen LogP contribution in [0.3, 0.4) is 0 Å². The lowest BCUT2D eigenvalue weighted by Crippen LogP contribution is -2.32. The molecule has 3 rings (SSSR count). The molecule has 20 heavy (non-hydrogen) atoms. The molecule has 1 aliphatic rings. The Morgan fingerprint density at radius 3 is 2.55 bits per heavy atom. The highest BCUT2D eigenvalue weighted by molar-refractivity contribution is 5.95. The van der Waals surface area contributed by atoms with Crippen molar-refractivity contribution in [2.24, 2.45) is 0 Å². The lowest BCUT2D eigenvalue weighted by Gasteiger charge is -2.25. The molecule has 1 unspecified atom stereocenters. The Morgan fingerprint density at radius 1 is 1.10 bits per heavy atom. The monoisotopic (exact) mass is 278 g/mol. The normalized spacial score (nSPS) is 18.1. The molecule has 0 spiro atoms. The van der Waals surface area contributed by atoms with Crippen LogP contribution in [0.25, 0.3) is 16.8 Å². The number of hydrogen-bond acceptors (Lipinski definition) is 2. The number of alkyl halides is 3. The van der Waals surface area contributed by atoms with Gasteiger partial charge in [-0.25, -0.2) is 0 Å². The van der Waals surface area contributed by atoms with Crippen LogP contribution in [-0.2, 0) is 4.79 Å². The van der Waals surface area contributed by atoms with Gasteiger partial charge in [0.25, 0.3) is 0 Å². The Hall–Kier alpha value is -2.30. The fourth-order valence-corrected chi connectivity index (χ4v) is 2.31. The Morgan fingerprint density at radius 2 is 1.85 bits per heavy atom. The fraction of sp³-hybridized carbons (Fsp3) is 0.133. The first-order valence-electron chi connectivity index (χ1n) is 5.93. The van der Waals surface area contributed by atoms with Gasteiger partial charge in [0.15, 0.2) is 12.4 Å². The van der Waals surface area contributed by atoms with E-state index < -0.39 is 17.9 Å². The predicted molar refractivity (Wildman–Crippen MR) is 68.5 cm³/mol. The Kier molecular flexibility index (Phi) is 2.78. The van der Waals surface area contributed by atoms with Crippen LogP contribution < -0.4 is 4.74 Å². The van der Waals surface area contributed by atoms with Gasteiger partial charge in [0.2, 0.25) is 0 Å². The molecule has 2 aromatic carbocycles. The van der Waals surface area contributed by atoms with Crippen LogP contribution >= 0.6 is 0 Å². The molecule has 0 amide bonds. The molecule has 2 aromatic rings. The number of aldehydes is 1. The molecule has 0 fully saturated rings. The van der Waals surface area contributed by atoms with Crippen molar-refractivity contribution in [3.63, 3.8) is 0 Å². The number of hydrogen-bond donors (Lipinski definition) is 0. The van der Waals surface area contributed by atoms with Gasteiger partial charge in [-0.3, -0.25) is 4.79 Å². The van der Waals surface area contributed by atoms with Crippen molar-refractivity contribution in [1.29, 1.82) is 0 Å². The van der Waals surface area contributed by atoms with Crippen molar-refractivity contribution in [3.8, 4) is 5.75 Å². The average molecular weight is 278 g/mol. The van der Waals surface area contributed by atoms with E-state index in [0.717, 1.165) is 11.5 Å². The van der Waals surface area contributed by atoms with Gasteiger partial charge in [-0.05, 0) is 22.9 Å². The summed E-state index contributed by atoms with van der Waals surface area (Å²) in [4.78, 5) is 10.8. The van der Waals surface area contributed by atoms with Gasteiger partial charge in [0.1, 0.15) is 5.75 Å². The quantitative estimate of drug-likeness (QED) is 0.743. The van der Waals surface area contributed by atoms with E-state index in [4.69, 9.17) is 4.74 Å². The van der Waals surface area contributed by atoms with E-state index in [9.17, 15) is 18.0 Å². The number of benzene rings is 2. The van der Waals surface area contributed by atoms with E-state index in [2.05, 4.69) is 0 Å². The van der Waals surface area contributed by atoms with E-state index in [1.165, 1.54) is 0 Å². The molecule has 0 saturated heterocycles. The van der Waals surface area contributed by atoms with E-state index in [-0.39, 0.29) is 12.0 Å². The highest BCUT2D eigenvalue weighted by Gasteiger charge is 2.42. The molecule has 0 aromatic heterocycles. The van der Waals surface area contributed by atoms with Crippen molar-refractivity contribution in [3.05, 3.63) is 47.5 Å². The van der Waals surface area contributed by atoms with Crippen molar-refractivity contribution in [2.45, 2.75) is 12.3 Å². The smallest absolute Gasteiger partial charge is 0.416 e. The molecule has 1 heterocycles. The molecule has 0 aliphatic carbocycles. The van der Waals surface area contributed by atoms with E-state index in [0.29, 0.717) is 10.9 Å². The van der Waals surface area contributed by atoms with Crippen LogP contribution in [0, 0.1) is 0 Å². The molecule has 1 aliphatic heterocycles. The van der Waals surface area contributed by atoms with Gasteiger partial charge in [-0.15, -0.1) is 0 Å². The highest BCUT2D eigenvalue weighted by atomic mass is 19.4. The molecule has 5 heteroatoms. The van der Waals surface area contributed by atoms with Crippen LogP contribution in [0.4, 0.5) is 13.2 Å². The zero-order valence-corrected chi connectivity index (χ0v) is 10.1. The second-order valence-electron chi connectivity index (χ2n) is 4.47. The minimum absolute atomic E-state index is 0.164. The maximum atomic E-state index is 13.0. The molecule has 0 bridgehead atoms. The molecular weight excluding hydrogens is 269 g/mol. The third-order valence-corrected chi connectivity index (χ3v) is 3.24. The van der Waals surface area contributed by atoms with E-state index >= 15 is 0 Å². The van der Waals surface area contributed by atoms with Crippen LogP contribution in [-0.4, -0.2) is 18.6 Å². The standard InChI is InChI=1S/C15H9F3O2/c16-15(17,18)12-7-11-10-4-2-1-3-9(10)5-6-13(11)20-14(12)8-19/h1-8,14H. The summed E-state index contributed by atoms with van der Waals surface area (Å²) in [6, 6.07) is 10.4. The summed E-state index contributed by atoms with van der Waals surface area (Å²) in [5.74, 6) is 0.286. The number of carbonyl (C=O) groups is 1. The van der Waals surface area contributed by atoms with E-state index in [1.54, 1.807) is 30.3 Å². The van der Waals surface area contributed by atoms with Gasteiger partial charge in [0.05, 0.1) is 5.57 Å². The summed E-state index contributed by atoms with van der Waals surface area (Å²) in [7, 11) is 0. The topological polar surface area (TPSA) is 26.3 Å². The maximum Gasteiger partial charge on any atom is 0.416 e. The lowest BCUT2D eigenvalue weighted by molar-refractivity contribution is -0.123. The number of ether oxygens (including phenoxy) is 1. The summed E-state index contributed by atoms with van der Waals surface area (Å²) in [5, 5.41) is 1.48. The highest BCUT2D eigenvalue weighted by Crippen LogP contribution is 2.40. The third kappa shape index (κ3) is 1.95. The third-order valence-electron chi connectivity index (χ3n) is 3.24. The number of fused-ring (bicyclic) bond motifs is 3. The lowest BCUT2D eigenvalue weighted by atomic mass is 9.97. The van der Waals surface area contributed by atoms with Crippen LogP contribution in [0.1, 0.15) is 5.56 Å². The van der Waals surface area contributed by atoms with E-state index in [1.807, 2.05) is 6.07 Å². The SMILES string of the molecule is O=CC1Oc2ccc3ccccc3c2C=C1C(F)(F)F. The van der Waals surface area contributed by atoms with Crippen molar-refractivity contribution >= 4 is 23.1 Å². The summed E-state index contributed by atoms with van der Waals surface area (Å²) >= 11 is 0. The first-order chi connectivity index (χ1) is 9.50. The minimum Gasteiger partial charge on any atom is -0.478 e. The van der Waals surface area contributed by atoms with Gasteiger partial charge >= 0.3 is 6.18 Å². The molecular formula is C15H9F3O2. The molecule has 1 atom stereocenters. The number of rotatable bonds is 1. The van der Waals surface area contributed by atoms with Gasteiger partial charge in [-0.1, -0.05) is 30.3 Å². The largest absolute Gasteiger partial charge is 0.478 e. The molecule has 102 valence electrons. The molecule has 0 saturated carbocycles. The zero-order chi connectivity index (χ0) is 14.3. The maximum absolute atomic E-state index is 13.0. The number of carbonyl (C=O) groups excluding carboxylic acids is 1. The summed E-state index contributed by atoms with van der Waals surface area (Å²) in [6.07, 6.45) is -5.04. The average Bonchev–Trinajstić information content (AvgIpc) is 2.44. The zero-order valence-electron chi connectivity index (χ0n) is 10.1. The summed E-state index contributed by atoms with van der Waals surface area (Å²) in [6.45, 7) is 0.